The SMILES string of the molecule is COc1ccc(/C=C(\NC(=O)c2ccccc2)C(=O)Nc2ccc(SCC(=O)Nc3cccc(Cl)c3)cc2)cc1. The fourth-order valence-corrected chi connectivity index (χ4v) is 4.44. The molecule has 0 aliphatic heterocycles. The summed E-state index contributed by atoms with van der Waals surface area (Å²) >= 11 is 7.32. The van der Waals surface area contributed by atoms with Crippen molar-refractivity contribution in [3.05, 3.63) is 125 Å². The first-order valence-corrected chi connectivity index (χ1v) is 13.6. The number of anilines is 2. The minimum atomic E-state index is -0.485. The molecular formula is C31H26ClN3O4S. The zero-order chi connectivity index (χ0) is 28.3. The molecule has 0 atom stereocenters. The van der Waals surface area contributed by atoms with Crippen molar-refractivity contribution in [3.63, 3.8) is 0 Å². The largest absolute Gasteiger partial charge is 0.497 e. The van der Waals surface area contributed by atoms with Crippen LogP contribution in [0.1, 0.15) is 15.9 Å². The average molecular weight is 572 g/mol. The van der Waals surface area contributed by atoms with Gasteiger partial charge >= 0.3 is 0 Å². The molecule has 0 saturated carbocycles. The monoisotopic (exact) mass is 571 g/mol. The number of carbonyl (C=O) groups excluding carboxylic acids is 3. The van der Waals surface area contributed by atoms with Crippen LogP contribution in [0.2, 0.25) is 5.02 Å². The van der Waals surface area contributed by atoms with E-state index in [2.05, 4.69) is 16.0 Å². The Bertz CT molecular complexity index is 1510. The highest BCUT2D eigenvalue weighted by molar-refractivity contribution is 8.00. The van der Waals surface area contributed by atoms with Crippen LogP contribution in [0.4, 0.5) is 11.4 Å². The van der Waals surface area contributed by atoms with Crippen LogP contribution in [0.15, 0.2) is 114 Å². The molecule has 40 heavy (non-hydrogen) atoms. The van der Waals surface area contributed by atoms with Gasteiger partial charge < -0.3 is 20.7 Å². The Labute approximate surface area is 241 Å². The van der Waals surface area contributed by atoms with Crippen molar-refractivity contribution in [1.29, 1.82) is 0 Å². The minimum absolute atomic E-state index is 0.0788. The molecule has 0 spiro atoms. The van der Waals surface area contributed by atoms with E-state index in [4.69, 9.17) is 16.3 Å². The van der Waals surface area contributed by atoms with Gasteiger partial charge in [0.15, 0.2) is 0 Å². The minimum Gasteiger partial charge on any atom is -0.497 e. The number of hydrogen-bond acceptors (Lipinski definition) is 5. The number of nitrogens with one attached hydrogen (secondary N) is 3. The summed E-state index contributed by atoms with van der Waals surface area (Å²) in [5.41, 5.74) is 2.38. The van der Waals surface area contributed by atoms with Gasteiger partial charge in [-0.3, -0.25) is 14.4 Å². The molecule has 9 heteroatoms. The van der Waals surface area contributed by atoms with Crippen molar-refractivity contribution in [2.75, 3.05) is 23.5 Å². The highest BCUT2D eigenvalue weighted by Gasteiger charge is 2.15. The first kappa shape index (κ1) is 28.5. The van der Waals surface area contributed by atoms with Crippen LogP contribution in [0.5, 0.6) is 5.75 Å². The third kappa shape index (κ3) is 8.49. The molecule has 202 valence electrons. The van der Waals surface area contributed by atoms with E-state index in [0.717, 1.165) is 4.90 Å². The standard InChI is InChI=1S/C31H26ClN3O4S/c1-39-26-14-10-21(11-15-26)18-28(35-30(37)22-6-3-2-4-7-22)31(38)34-24-12-16-27(17-13-24)40-20-29(36)33-25-9-5-8-23(32)19-25/h2-19H,20H2,1H3,(H,33,36)(H,34,38)(H,35,37)/b28-18-. The van der Waals surface area contributed by atoms with Gasteiger partial charge in [0.2, 0.25) is 5.91 Å². The lowest BCUT2D eigenvalue weighted by atomic mass is 10.1. The second-order valence-electron chi connectivity index (χ2n) is 8.48. The van der Waals surface area contributed by atoms with E-state index in [1.165, 1.54) is 11.8 Å². The van der Waals surface area contributed by atoms with E-state index in [9.17, 15) is 14.4 Å². The predicted molar refractivity (Wildman–Crippen MR) is 161 cm³/mol. The van der Waals surface area contributed by atoms with Crippen LogP contribution in [0.25, 0.3) is 6.08 Å². The van der Waals surface area contributed by atoms with Crippen molar-refractivity contribution >= 4 is 58.5 Å². The number of methoxy groups -OCH3 is 1. The number of amides is 3. The summed E-state index contributed by atoms with van der Waals surface area (Å²) in [6.07, 6.45) is 1.60. The highest BCUT2D eigenvalue weighted by Crippen LogP contribution is 2.22. The average Bonchev–Trinajstić information content (AvgIpc) is 2.97. The molecule has 0 heterocycles. The number of ether oxygens (including phenoxy) is 1. The molecule has 3 amide bonds. The van der Waals surface area contributed by atoms with Gasteiger partial charge in [0, 0.05) is 26.9 Å². The lowest BCUT2D eigenvalue weighted by molar-refractivity contribution is -0.114. The Balaban J connectivity index is 1.41. The Morgan fingerprint density at radius 3 is 2.23 bits per heavy atom. The molecule has 0 unspecified atom stereocenters. The molecule has 0 aromatic heterocycles. The van der Waals surface area contributed by atoms with Crippen molar-refractivity contribution in [2.45, 2.75) is 4.90 Å². The van der Waals surface area contributed by atoms with Crippen LogP contribution in [-0.2, 0) is 9.59 Å². The summed E-state index contributed by atoms with van der Waals surface area (Å²) in [6.45, 7) is 0. The molecule has 0 aliphatic rings. The Morgan fingerprint density at radius 2 is 1.55 bits per heavy atom. The maximum atomic E-state index is 13.2. The quantitative estimate of drug-likeness (QED) is 0.149. The van der Waals surface area contributed by atoms with Crippen molar-refractivity contribution in [1.82, 2.24) is 5.32 Å². The van der Waals surface area contributed by atoms with Crippen molar-refractivity contribution in [2.24, 2.45) is 0 Å². The molecule has 4 rings (SSSR count). The smallest absolute Gasteiger partial charge is 0.272 e. The van der Waals surface area contributed by atoms with E-state index in [0.29, 0.717) is 33.3 Å². The number of hydrogen-bond donors (Lipinski definition) is 3. The number of thioether (sulfide) groups is 1. The van der Waals surface area contributed by atoms with Gasteiger partial charge in [0.05, 0.1) is 12.9 Å². The summed E-state index contributed by atoms with van der Waals surface area (Å²) in [7, 11) is 1.57. The first-order chi connectivity index (χ1) is 19.4. The van der Waals surface area contributed by atoms with Gasteiger partial charge in [-0.1, -0.05) is 48.0 Å². The lowest BCUT2D eigenvalue weighted by Gasteiger charge is -2.12. The predicted octanol–water partition coefficient (Wildman–Crippen LogP) is 6.49. The molecule has 4 aromatic rings. The highest BCUT2D eigenvalue weighted by atomic mass is 35.5. The first-order valence-electron chi connectivity index (χ1n) is 12.2. The fourth-order valence-electron chi connectivity index (χ4n) is 3.55. The van der Waals surface area contributed by atoms with Crippen LogP contribution in [0, 0.1) is 0 Å². The number of benzene rings is 4. The third-order valence-corrected chi connectivity index (χ3v) is 6.79. The van der Waals surface area contributed by atoms with Crippen molar-refractivity contribution in [3.8, 4) is 5.75 Å². The van der Waals surface area contributed by atoms with E-state index < -0.39 is 11.8 Å². The fraction of sp³-hybridized carbons (Fsp3) is 0.0645. The zero-order valence-electron chi connectivity index (χ0n) is 21.5. The second kappa shape index (κ2) is 14.0. The van der Waals surface area contributed by atoms with E-state index >= 15 is 0 Å². The molecule has 0 saturated heterocycles. The normalized spacial score (nSPS) is 10.9. The summed E-state index contributed by atoms with van der Waals surface area (Å²) in [5.74, 6) is -0.165. The zero-order valence-corrected chi connectivity index (χ0v) is 23.1. The third-order valence-electron chi connectivity index (χ3n) is 5.55. The Hall–Kier alpha value is -4.53. The summed E-state index contributed by atoms with van der Waals surface area (Å²) in [6, 6.07) is 29.8. The van der Waals surface area contributed by atoms with Gasteiger partial charge in [0.1, 0.15) is 11.4 Å². The molecule has 3 N–H and O–H groups in total. The maximum Gasteiger partial charge on any atom is 0.272 e. The summed E-state index contributed by atoms with van der Waals surface area (Å²) in [5, 5.41) is 8.90. The van der Waals surface area contributed by atoms with Gasteiger partial charge in [-0.25, -0.2) is 0 Å². The van der Waals surface area contributed by atoms with Gasteiger partial charge in [-0.2, -0.15) is 0 Å². The lowest BCUT2D eigenvalue weighted by Crippen LogP contribution is -2.30. The van der Waals surface area contributed by atoms with Gasteiger partial charge in [0.25, 0.3) is 11.8 Å². The number of halogens is 1. The molecular weight excluding hydrogens is 546 g/mol. The maximum absolute atomic E-state index is 13.2. The number of rotatable bonds is 10. The van der Waals surface area contributed by atoms with E-state index in [1.807, 2.05) is 18.2 Å². The van der Waals surface area contributed by atoms with Crippen LogP contribution >= 0.6 is 23.4 Å². The van der Waals surface area contributed by atoms with Crippen LogP contribution < -0.4 is 20.7 Å². The van der Waals surface area contributed by atoms with Gasteiger partial charge in [-0.05, 0) is 78.4 Å². The topological polar surface area (TPSA) is 96.5 Å². The second-order valence-corrected chi connectivity index (χ2v) is 9.96. The molecule has 4 aromatic carbocycles. The van der Waals surface area contributed by atoms with E-state index in [-0.39, 0.29) is 17.4 Å². The van der Waals surface area contributed by atoms with Crippen LogP contribution in [0.3, 0.4) is 0 Å². The molecule has 0 radical (unpaired) electrons. The molecule has 7 nitrogen and oxygen atoms in total. The van der Waals surface area contributed by atoms with Crippen LogP contribution in [-0.4, -0.2) is 30.6 Å². The summed E-state index contributed by atoms with van der Waals surface area (Å²) < 4.78 is 5.20. The summed E-state index contributed by atoms with van der Waals surface area (Å²) in [4.78, 5) is 39.2. The number of carbonyl (C=O) groups is 3. The van der Waals surface area contributed by atoms with E-state index in [1.54, 1.807) is 98.1 Å². The van der Waals surface area contributed by atoms with Crippen molar-refractivity contribution < 1.29 is 19.1 Å². The Kier molecular flexibility index (Phi) is 9.99. The Morgan fingerprint density at radius 1 is 0.825 bits per heavy atom. The van der Waals surface area contributed by atoms with Gasteiger partial charge in [-0.15, -0.1) is 11.8 Å². The molecule has 0 aliphatic carbocycles. The molecule has 0 bridgehead atoms. The molecule has 0 fully saturated rings.